The summed E-state index contributed by atoms with van der Waals surface area (Å²) in [6, 6.07) is 11.0. The monoisotopic (exact) mass is 357 g/mol. The lowest BCUT2D eigenvalue weighted by Crippen LogP contribution is -2.47. The summed E-state index contributed by atoms with van der Waals surface area (Å²) in [6.45, 7) is 3.14. The highest BCUT2D eigenvalue weighted by Crippen LogP contribution is 2.30. The molecule has 4 nitrogen and oxygen atoms in total. The molecule has 3 aliphatic rings. The first-order valence-corrected chi connectivity index (χ1v) is 8.98. The second kappa shape index (κ2) is 7.11. The first-order chi connectivity index (χ1) is 12.6. The Morgan fingerprint density at radius 1 is 1.12 bits per heavy atom. The molecule has 1 amide bonds. The maximum Gasteiger partial charge on any atom is 0.275 e. The van der Waals surface area contributed by atoms with Gasteiger partial charge in [-0.2, -0.15) is 0 Å². The number of aromatic nitrogens is 1. The van der Waals surface area contributed by atoms with Gasteiger partial charge in [0.15, 0.2) is 11.5 Å². The van der Waals surface area contributed by atoms with E-state index >= 15 is 0 Å². The predicted octanol–water partition coefficient (Wildman–Crippen LogP) is 3.10. The maximum atomic E-state index is 14.0. The quantitative estimate of drug-likeness (QED) is 0.847. The molecule has 0 spiro atoms. The Hall–Kier alpha value is -2.34. The number of halogens is 2. The molecule has 3 saturated heterocycles. The maximum absolute atomic E-state index is 14.0. The van der Waals surface area contributed by atoms with Gasteiger partial charge in [0.1, 0.15) is 5.82 Å². The number of carbonyl (C=O) groups is 1. The Bertz CT molecular complexity index is 799. The summed E-state index contributed by atoms with van der Waals surface area (Å²) < 4.78 is 27.1. The zero-order chi connectivity index (χ0) is 18.1. The predicted molar refractivity (Wildman–Crippen MR) is 93.4 cm³/mol. The molecule has 1 aromatic carbocycles. The van der Waals surface area contributed by atoms with Gasteiger partial charge in [-0.1, -0.05) is 30.3 Å². The summed E-state index contributed by atoms with van der Waals surface area (Å²) in [4.78, 5) is 20.6. The summed E-state index contributed by atoms with van der Waals surface area (Å²) in [5.41, 5.74) is 0.964. The molecule has 3 aliphatic heterocycles. The summed E-state index contributed by atoms with van der Waals surface area (Å²) in [7, 11) is 0. The van der Waals surface area contributed by atoms with Gasteiger partial charge >= 0.3 is 0 Å². The van der Waals surface area contributed by atoms with Crippen LogP contribution in [0.5, 0.6) is 0 Å². The van der Waals surface area contributed by atoms with Crippen LogP contribution in [0.3, 0.4) is 0 Å². The van der Waals surface area contributed by atoms with Crippen molar-refractivity contribution in [1.82, 2.24) is 14.8 Å². The molecule has 4 heterocycles. The fraction of sp³-hybridized carbons (Fsp3) is 0.400. The van der Waals surface area contributed by atoms with E-state index in [1.807, 2.05) is 18.2 Å². The van der Waals surface area contributed by atoms with Gasteiger partial charge in [0.25, 0.3) is 5.91 Å². The van der Waals surface area contributed by atoms with E-state index in [1.165, 1.54) is 5.56 Å². The van der Waals surface area contributed by atoms with E-state index in [0.29, 0.717) is 12.5 Å². The molecule has 0 aliphatic carbocycles. The van der Waals surface area contributed by atoms with E-state index < -0.39 is 17.5 Å². The Balaban J connectivity index is 1.52. The highest BCUT2D eigenvalue weighted by Gasteiger charge is 2.38. The van der Waals surface area contributed by atoms with E-state index in [4.69, 9.17) is 0 Å². The fourth-order valence-corrected chi connectivity index (χ4v) is 4.11. The number of fused-ring (bicyclic) bond motifs is 4. The van der Waals surface area contributed by atoms with Gasteiger partial charge in [-0.05, 0) is 24.3 Å². The third-order valence-corrected chi connectivity index (χ3v) is 5.31. The van der Waals surface area contributed by atoms with Crippen LogP contribution < -0.4 is 0 Å². The number of carbonyl (C=O) groups excluding carboxylic acids is 1. The number of pyridine rings is 1. The van der Waals surface area contributed by atoms with E-state index in [0.717, 1.165) is 44.7 Å². The number of amides is 1. The van der Waals surface area contributed by atoms with Gasteiger partial charge in [-0.25, -0.2) is 13.8 Å². The smallest absolute Gasteiger partial charge is 0.275 e. The number of benzene rings is 1. The van der Waals surface area contributed by atoms with Crippen LogP contribution >= 0.6 is 0 Å². The van der Waals surface area contributed by atoms with Gasteiger partial charge in [-0.3, -0.25) is 9.69 Å². The molecule has 26 heavy (non-hydrogen) atoms. The highest BCUT2D eigenvalue weighted by molar-refractivity contribution is 5.92. The van der Waals surface area contributed by atoms with E-state index in [1.54, 1.807) is 4.90 Å². The summed E-state index contributed by atoms with van der Waals surface area (Å²) in [6.07, 6.45) is 2.87. The van der Waals surface area contributed by atoms with Crippen LogP contribution in [-0.4, -0.2) is 46.4 Å². The van der Waals surface area contributed by atoms with Crippen molar-refractivity contribution in [2.45, 2.75) is 25.4 Å². The zero-order valence-corrected chi connectivity index (χ0v) is 14.4. The minimum absolute atomic E-state index is 0.0382. The normalized spacial score (nSPS) is 23.1. The lowest BCUT2D eigenvalue weighted by Gasteiger charge is -2.36. The van der Waals surface area contributed by atoms with Crippen molar-refractivity contribution in [3.63, 3.8) is 0 Å². The van der Waals surface area contributed by atoms with Crippen LogP contribution in [0.2, 0.25) is 0 Å². The molecule has 2 bridgehead atoms. The number of hydrogen-bond donors (Lipinski definition) is 0. The molecule has 2 atom stereocenters. The molecule has 6 heteroatoms. The Morgan fingerprint density at radius 3 is 2.69 bits per heavy atom. The summed E-state index contributed by atoms with van der Waals surface area (Å²) >= 11 is 0. The highest BCUT2D eigenvalue weighted by atomic mass is 19.1. The molecular weight excluding hydrogens is 336 g/mol. The van der Waals surface area contributed by atoms with Crippen LogP contribution in [0.25, 0.3) is 0 Å². The van der Waals surface area contributed by atoms with Crippen LogP contribution in [0.4, 0.5) is 8.78 Å². The second-order valence-corrected chi connectivity index (χ2v) is 7.22. The largest absolute Gasteiger partial charge is 0.333 e. The topological polar surface area (TPSA) is 36.4 Å². The van der Waals surface area contributed by atoms with Gasteiger partial charge in [-0.15, -0.1) is 0 Å². The molecule has 0 radical (unpaired) electrons. The number of piperidine rings is 1. The van der Waals surface area contributed by atoms with Crippen molar-refractivity contribution < 1.29 is 13.6 Å². The first kappa shape index (κ1) is 17.1. The molecule has 3 fully saturated rings. The third-order valence-electron chi connectivity index (χ3n) is 5.31. The van der Waals surface area contributed by atoms with Gasteiger partial charge in [0.05, 0.1) is 6.20 Å². The average Bonchev–Trinajstić information content (AvgIpc) is 2.92. The molecule has 0 saturated carbocycles. The van der Waals surface area contributed by atoms with Crippen LogP contribution in [-0.2, 0) is 6.54 Å². The minimum atomic E-state index is -0.892. The van der Waals surface area contributed by atoms with Crippen LogP contribution in [0.15, 0.2) is 42.6 Å². The van der Waals surface area contributed by atoms with E-state index in [9.17, 15) is 13.6 Å². The number of rotatable bonds is 3. The molecular formula is C20H21F2N3O. The Labute approximate surface area is 151 Å². The van der Waals surface area contributed by atoms with Crippen molar-refractivity contribution in [3.05, 3.63) is 65.5 Å². The molecule has 0 unspecified atom stereocenters. The summed E-state index contributed by atoms with van der Waals surface area (Å²) in [5, 5.41) is 0. The lowest BCUT2D eigenvalue weighted by atomic mass is 9.94. The first-order valence-electron chi connectivity index (χ1n) is 8.98. The third kappa shape index (κ3) is 3.46. The van der Waals surface area contributed by atoms with E-state index in [-0.39, 0.29) is 11.7 Å². The van der Waals surface area contributed by atoms with Gasteiger partial charge in [0, 0.05) is 38.3 Å². The van der Waals surface area contributed by atoms with Gasteiger partial charge in [0.2, 0.25) is 0 Å². The Kier molecular flexibility index (Phi) is 4.68. The van der Waals surface area contributed by atoms with Gasteiger partial charge < -0.3 is 4.90 Å². The SMILES string of the molecule is O=C(c1ncc(F)cc1F)N1C[C@H]2CC[C@@H]1CN(Cc1ccccc1)C2. The average molecular weight is 357 g/mol. The lowest BCUT2D eigenvalue weighted by molar-refractivity contribution is 0.0573. The number of nitrogens with zero attached hydrogens (tertiary/aromatic N) is 3. The van der Waals surface area contributed by atoms with Crippen molar-refractivity contribution in [2.24, 2.45) is 5.92 Å². The molecule has 2 aromatic rings. The fourth-order valence-electron chi connectivity index (χ4n) is 4.11. The standard InChI is InChI=1S/C20H21F2N3O/c21-16-8-18(22)19(23-9-16)20(26)25-12-15-6-7-17(25)13-24(11-15)10-14-4-2-1-3-5-14/h1-5,8-9,15,17H,6-7,10-13H2/t15-,17+/m0/s1. The second-order valence-electron chi connectivity index (χ2n) is 7.22. The molecule has 136 valence electrons. The van der Waals surface area contributed by atoms with Crippen molar-refractivity contribution in [3.8, 4) is 0 Å². The number of hydrogen-bond acceptors (Lipinski definition) is 3. The minimum Gasteiger partial charge on any atom is -0.333 e. The molecule has 1 aromatic heterocycles. The van der Waals surface area contributed by atoms with Crippen LogP contribution in [0.1, 0.15) is 28.9 Å². The molecule has 0 N–H and O–H groups in total. The van der Waals surface area contributed by atoms with E-state index in [2.05, 4.69) is 22.0 Å². The summed E-state index contributed by atoms with van der Waals surface area (Å²) in [5.74, 6) is -1.73. The Morgan fingerprint density at radius 2 is 1.92 bits per heavy atom. The molecule has 5 rings (SSSR count). The van der Waals surface area contributed by atoms with Crippen molar-refractivity contribution >= 4 is 5.91 Å². The van der Waals surface area contributed by atoms with Crippen molar-refractivity contribution in [1.29, 1.82) is 0 Å². The van der Waals surface area contributed by atoms with Crippen LogP contribution in [0, 0.1) is 17.6 Å². The van der Waals surface area contributed by atoms with Crippen molar-refractivity contribution in [2.75, 3.05) is 19.6 Å². The zero-order valence-electron chi connectivity index (χ0n) is 14.4.